The summed E-state index contributed by atoms with van der Waals surface area (Å²) < 4.78 is 21.3. The van der Waals surface area contributed by atoms with Crippen LogP contribution < -0.4 is 0 Å². The summed E-state index contributed by atoms with van der Waals surface area (Å²) in [4.78, 5) is 0. The van der Waals surface area contributed by atoms with Crippen LogP contribution in [-0.2, 0) is 22.7 Å². The van der Waals surface area contributed by atoms with Gasteiger partial charge in [-0.15, -0.1) is 0 Å². The van der Waals surface area contributed by atoms with Gasteiger partial charge in [0.25, 0.3) is 0 Å². The molecule has 3 heterocycles. The molecule has 6 heteroatoms. The van der Waals surface area contributed by atoms with Crippen LogP contribution in [0.25, 0.3) is 0 Å². The third kappa shape index (κ3) is 2.71. The lowest BCUT2D eigenvalue weighted by atomic mass is 10.3. The number of furan rings is 2. The smallest absolute Gasteiger partial charge is 0.215 e. The molecule has 0 radical (unpaired) electrons. The molecule has 2 N–H and O–H groups in total. The molecule has 0 aliphatic carbocycles. The van der Waals surface area contributed by atoms with E-state index in [1.54, 1.807) is 24.3 Å². The van der Waals surface area contributed by atoms with Gasteiger partial charge < -0.3 is 28.5 Å². The molecule has 0 amide bonds. The first-order valence-corrected chi connectivity index (χ1v) is 5.95. The number of hydrogen-bond acceptors (Lipinski definition) is 6. The van der Waals surface area contributed by atoms with Gasteiger partial charge in [-0.2, -0.15) is 0 Å². The summed E-state index contributed by atoms with van der Waals surface area (Å²) in [6.45, 7) is 0.397. The molecule has 0 spiro atoms. The van der Waals surface area contributed by atoms with Gasteiger partial charge in [0.15, 0.2) is 5.76 Å². The molecule has 2 atom stereocenters. The van der Waals surface area contributed by atoms with Gasteiger partial charge in [-0.05, 0) is 24.3 Å². The van der Waals surface area contributed by atoms with Gasteiger partial charge in [0.1, 0.15) is 36.6 Å². The highest BCUT2D eigenvalue weighted by Gasteiger charge is 2.18. The Morgan fingerprint density at radius 3 is 2.42 bits per heavy atom. The Hall–Kier alpha value is -1.60. The van der Waals surface area contributed by atoms with Gasteiger partial charge in [-0.1, -0.05) is 0 Å². The highest BCUT2D eigenvalue weighted by atomic mass is 16.6. The van der Waals surface area contributed by atoms with Crippen LogP contribution in [0.3, 0.4) is 0 Å². The van der Waals surface area contributed by atoms with Gasteiger partial charge in [0.05, 0.1) is 6.61 Å². The lowest BCUT2D eigenvalue weighted by Gasteiger charge is -2.08. The minimum atomic E-state index is -1.16. The van der Waals surface area contributed by atoms with Crippen LogP contribution >= 0.6 is 0 Å². The maximum absolute atomic E-state index is 9.86. The first-order valence-electron chi connectivity index (χ1n) is 5.95. The van der Waals surface area contributed by atoms with E-state index in [1.807, 2.05) is 0 Å². The van der Waals surface area contributed by atoms with E-state index in [0.717, 1.165) is 0 Å². The van der Waals surface area contributed by atoms with E-state index in [-0.39, 0.29) is 19.8 Å². The van der Waals surface area contributed by atoms with E-state index in [4.69, 9.17) is 18.3 Å². The van der Waals surface area contributed by atoms with E-state index in [1.165, 1.54) is 0 Å². The molecular formula is C13H14O6. The van der Waals surface area contributed by atoms with Gasteiger partial charge in [0.2, 0.25) is 6.29 Å². The predicted octanol–water partition coefficient (Wildman–Crippen LogP) is 1.64. The van der Waals surface area contributed by atoms with Crippen LogP contribution in [0.5, 0.6) is 0 Å². The molecule has 6 nitrogen and oxygen atoms in total. The second-order valence-electron chi connectivity index (χ2n) is 4.30. The lowest BCUT2D eigenvalue weighted by molar-refractivity contribution is -0.127. The number of hydrogen-bond donors (Lipinski definition) is 2. The molecule has 4 bridgehead atoms. The first kappa shape index (κ1) is 12.4. The first-order chi connectivity index (χ1) is 9.22. The second-order valence-corrected chi connectivity index (χ2v) is 4.30. The van der Waals surface area contributed by atoms with E-state index >= 15 is 0 Å². The SMILES string of the molecule is OC1COCc2ccc(o2)C(O)OCc2ccc1o2. The number of aliphatic hydroxyl groups is 2. The van der Waals surface area contributed by atoms with E-state index < -0.39 is 12.4 Å². The van der Waals surface area contributed by atoms with Crippen LogP contribution in [0.4, 0.5) is 0 Å². The molecule has 0 aromatic carbocycles. The van der Waals surface area contributed by atoms with Crippen molar-refractivity contribution in [2.75, 3.05) is 6.61 Å². The van der Waals surface area contributed by atoms with Crippen molar-refractivity contribution in [3.63, 3.8) is 0 Å². The number of rotatable bonds is 0. The molecule has 0 saturated carbocycles. The molecule has 1 aliphatic heterocycles. The summed E-state index contributed by atoms with van der Waals surface area (Å²) in [7, 11) is 0. The Morgan fingerprint density at radius 1 is 0.895 bits per heavy atom. The Labute approximate surface area is 109 Å². The molecule has 19 heavy (non-hydrogen) atoms. The van der Waals surface area contributed by atoms with Crippen LogP contribution in [0.1, 0.15) is 35.4 Å². The van der Waals surface area contributed by atoms with Gasteiger partial charge >= 0.3 is 0 Å². The molecule has 0 fully saturated rings. The van der Waals surface area contributed by atoms with Crippen LogP contribution in [0.2, 0.25) is 0 Å². The van der Waals surface area contributed by atoms with Crippen molar-refractivity contribution < 1.29 is 28.5 Å². The molecule has 1 aliphatic rings. The monoisotopic (exact) mass is 266 g/mol. The highest BCUT2D eigenvalue weighted by Crippen LogP contribution is 2.23. The fraction of sp³-hybridized carbons (Fsp3) is 0.385. The second kappa shape index (κ2) is 5.18. The molecule has 3 rings (SSSR count). The fourth-order valence-corrected chi connectivity index (χ4v) is 1.85. The van der Waals surface area contributed by atoms with Crippen molar-refractivity contribution in [1.29, 1.82) is 0 Å². The number of aliphatic hydroxyl groups excluding tert-OH is 2. The fourth-order valence-electron chi connectivity index (χ4n) is 1.85. The average Bonchev–Trinajstić information content (AvgIpc) is 3.04. The normalized spacial score (nSPS) is 24.3. The maximum Gasteiger partial charge on any atom is 0.215 e. The lowest BCUT2D eigenvalue weighted by Crippen LogP contribution is -2.06. The number of ether oxygens (including phenoxy) is 2. The van der Waals surface area contributed by atoms with Crippen LogP contribution in [0, 0.1) is 0 Å². The molecular weight excluding hydrogens is 252 g/mol. The summed E-state index contributed by atoms with van der Waals surface area (Å²) >= 11 is 0. The minimum Gasteiger partial charge on any atom is -0.461 e. The van der Waals surface area contributed by atoms with E-state index in [9.17, 15) is 10.2 Å². The summed E-state index contributed by atoms with van der Waals surface area (Å²) in [6.07, 6.45) is -2.00. The zero-order valence-electron chi connectivity index (χ0n) is 10.1. The number of fused-ring (bicyclic) bond motifs is 4. The van der Waals surface area contributed by atoms with Crippen LogP contribution in [0.15, 0.2) is 33.1 Å². The van der Waals surface area contributed by atoms with Crippen molar-refractivity contribution in [3.05, 3.63) is 47.3 Å². The maximum atomic E-state index is 9.86. The Morgan fingerprint density at radius 2 is 1.58 bits per heavy atom. The molecule has 102 valence electrons. The van der Waals surface area contributed by atoms with Crippen molar-refractivity contribution >= 4 is 0 Å². The largest absolute Gasteiger partial charge is 0.461 e. The topological polar surface area (TPSA) is 85.2 Å². The summed E-state index contributed by atoms with van der Waals surface area (Å²) in [6, 6.07) is 6.67. The Balaban J connectivity index is 1.83. The van der Waals surface area contributed by atoms with Crippen molar-refractivity contribution in [3.8, 4) is 0 Å². The summed E-state index contributed by atoms with van der Waals surface area (Å²) in [5.74, 6) is 1.79. The summed E-state index contributed by atoms with van der Waals surface area (Å²) in [5.41, 5.74) is 0. The van der Waals surface area contributed by atoms with E-state index in [0.29, 0.717) is 23.0 Å². The van der Waals surface area contributed by atoms with E-state index in [2.05, 4.69) is 0 Å². The van der Waals surface area contributed by atoms with Gasteiger partial charge in [-0.25, -0.2) is 0 Å². The standard InChI is InChI=1S/C13H14O6/c14-10-7-16-5-8-2-4-12(19-8)13(15)17-6-9-1-3-11(10)18-9/h1-4,10,13-15H,5-7H2. The predicted molar refractivity (Wildman–Crippen MR) is 61.8 cm³/mol. The summed E-state index contributed by atoms with van der Waals surface area (Å²) in [5, 5.41) is 19.6. The minimum absolute atomic E-state index is 0.0881. The third-order valence-electron chi connectivity index (χ3n) is 2.84. The Bertz CT molecular complexity index is 543. The average molecular weight is 266 g/mol. The van der Waals surface area contributed by atoms with Crippen molar-refractivity contribution in [1.82, 2.24) is 0 Å². The van der Waals surface area contributed by atoms with Crippen LogP contribution in [-0.4, -0.2) is 16.8 Å². The van der Waals surface area contributed by atoms with Crippen molar-refractivity contribution in [2.45, 2.75) is 25.6 Å². The molecule has 2 aromatic heterocycles. The quantitative estimate of drug-likeness (QED) is 0.754. The van der Waals surface area contributed by atoms with Crippen molar-refractivity contribution in [2.24, 2.45) is 0 Å². The zero-order valence-corrected chi connectivity index (χ0v) is 10.1. The zero-order chi connectivity index (χ0) is 13.2. The third-order valence-corrected chi connectivity index (χ3v) is 2.84. The van der Waals surface area contributed by atoms with Gasteiger partial charge in [0, 0.05) is 0 Å². The van der Waals surface area contributed by atoms with Gasteiger partial charge in [-0.3, -0.25) is 0 Å². The molecule has 2 unspecified atom stereocenters. The highest BCUT2D eigenvalue weighted by molar-refractivity contribution is 5.10. The Kier molecular flexibility index (Phi) is 3.39. The molecule has 0 saturated heterocycles. The molecule has 2 aromatic rings.